The van der Waals surface area contributed by atoms with E-state index in [1.807, 2.05) is 0 Å². The minimum Gasteiger partial charge on any atom is -0.462 e. The van der Waals surface area contributed by atoms with Gasteiger partial charge in [-0.3, -0.25) is 0 Å². The highest BCUT2D eigenvalue weighted by Gasteiger charge is 2.58. The molecule has 3 aromatic carbocycles. The summed E-state index contributed by atoms with van der Waals surface area (Å²) < 4.78 is 38.0. The van der Waals surface area contributed by atoms with Crippen molar-refractivity contribution in [2.45, 2.75) is 116 Å². The van der Waals surface area contributed by atoms with E-state index in [4.69, 9.17) is 33.2 Å². The Hall–Kier alpha value is -2.25. The molecule has 0 bridgehead atoms. The molecule has 0 aromatic heterocycles. The Morgan fingerprint density at radius 2 is 0.569 bits per heavy atom. The summed E-state index contributed by atoms with van der Waals surface area (Å²) in [6.45, 7) is 6.42. The summed E-state index contributed by atoms with van der Waals surface area (Å²) >= 11 is 8.29. The smallest absolute Gasteiger partial charge is 0.346 e. The lowest BCUT2D eigenvalue weighted by atomic mass is 9.81. The lowest BCUT2D eigenvalue weighted by Gasteiger charge is -2.30. The van der Waals surface area contributed by atoms with Crippen LogP contribution in [0.5, 0.6) is 23.0 Å². The molecule has 0 unspecified atom stereocenters. The highest BCUT2D eigenvalue weighted by molar-refractivity contribution is 8.22. The Balaban J connectivity index is 1.55. The van der Waals surface area contributed by atoms with Gasteiger partial charge in [-0.15, -0.1) is 94.1 Å². The number of hydrogen-bond acceptors (Lipinski definition) is 26. The second-order valence-corrected chi connectivity index (χ2v) is 29.9. The maximum Gasteiger partial charge on any atom is 0.346 e. The zero-order valence-electron chi connectivity index (χ0n) is 39.7. The number of carbonyl (C=O) groups excluding carboxylic acids is 3. The number of thioether (sulfide) groups is 8. The molecule has 9 rings (SSSR count). The van der Waals surface area contributed by atoms with Crippen LogP contribution in [0.1, 0.15) is 96.2 Å². The van der Waals surface area contributed by atoms with Crippen molar-refractivity contribution in [3.63, 3.8) is 0 Å². The van der Waals surface area contributed by atoms with E-state index in [2.05, 4.69) is 0 Å². The van der Waals surface area contributed by atoms with E-state index in [9.17, 15) is 55.2 Å². The van der Waals surface area contributed by atoms with E-state index in [1.165, 1.54) is 0 Å². The first-order valence-electron chi connectivity index (χ1n) is 22.5. The maximum absolute atomic E-state index is 14.5. The van der Waals surface area contributed by atoms with Gasteiger partial charge in [-0.25, -0.2) is 14.4 Å². The predicted molar refractivity (Wildman–Crippen MR) is 273 cm³/mol. The minimum atomic E-state index is -1.49. The lowest BCUT2D eigenvalue weighted by molar-refractivity contribution is -0.0492. The quantitative estimate of drug-likeness (QED) is 0.0453. The van der Waals surface area contributed by atoms with Crippen molar-refractivity contribution in [1.29, 1.82) is 0 Å². The van der Waals surface area contributed by atoms with Crippen molar-refractivity contribution in [2.24, 2.45) is 0 Å². The molecule has 0 aliphatic carbocycles. The first kappa shape index (κ1) is 54.5. The van der Waals surface area contributed by atoms with Crippen LogP contribution in [0.25, 0.3) is 0 Å². The topological polar surface area (TPSA) is 278 Å². The van der Waals surface area contributed by atoms with E-state index in [0.717, 1.165) is 94.1 Å². The van der Waals surface area contributed by atoms with Gasteiger partial charge in [0.05, 0.1) is 95.3 Å². The first-order chi connectivity index (χ1) is 34.2. The minimum absolute atomic E-state index is 0.0381. The monoisotopic (exact) mass is 1150 g/mol. The molecular weight excluding hydrogens is 1100 g/mol. The molecule has 8 N–H and O–H groups in total. The summed E-state index contributed by atoms with van der Waals surface area (Å²) in [6, 6.07) is 0. The zero-order valence-corrected chi connectivity index (χ0v) is 46.2. The number of rotatable bonds is 17. The molecule has 6 aliphatic rings. The average Bonchev–Trinajstić information content (AvgIpc) is 4.21. The maximum atomic E-state index is 14.5. The van der Waals surface area contributed by atoms with Gasteiger partial charge in [0.25, 0.3) is 0 Å². The zero-order chi connectivity index (χ0) is 52.1. The van der Waals surface area contributed by atoms with Crippen molar-refractivity contribution in [3.05, 3.63) is 39.3 Å². The molecule has 6 heterocycles. The second-order valence-electron chi connectivity index (χ2n) is 17.7. The van der Waals surface area contributed by atoms with Crippen LogP contribution in [-0.4, -0.2) is 159 Å². The third kappa shape index (κ3) is 8.66. The number of aliphatic hydroxyl groups excluding tert-OH is 8. The molecule has 0 fully saturated rings. The molecule has 0 amide bonds. The number of esters is 3. The van der Waals surface area contributed by atoms with Crippen molar-refractivity contribution in [1.82, 2.24) is 0 Å². The van der Waals surface area contributed by atoms with Gasteiger partial charge in [0.1, 0.15) is 16.3 Å². The number of hydrogen-bond donors (Lipinski definition) is 8. The Morgan fingerprint density at radius 3 is 0.792 bits per heavy atom. The van der Waals surface area contributed by atoms with Crippen LogP contribution in [0.2, 0.25) is 0 Å². The SMILES string of the molecule is CCOC(=O)c1c2c(c([C](c3c4c(c(C(=O)OCC)c5c3SC(CO)(CO)S5)SC(CO)(CO)S4)c3c4c(c(C(=O)OCC)c5c3SC(CO)(CO)S5)SC(CO)(CO)S4)c3c1OC(C)(C)O3)OC(C)(C)O2. The highest BCUT2D eigenvalue weighted by atomic mass is 32.2. The molecule has 391 valence electrons. The molecule has 0 saturated carbocycles. The van der Waals surface area contributed by atoms with Crippen LogP contribution in [0.4, 0.5) is 0 Å². The Bertz CT molecular complexity index is 2480. The third-order valence-corrected chi connectivity index (χ3v) is 24.2. The average molecular weight is 1150 g/mol. The summed E-state index contributed by atoms with van der Waals surface area (Å²) in [6.07, 6.45) is 0. The molecule has 18 nitrogen and oxygen atoms in total. The number of benzene rings is 3. The van der Waals surface area contributed by atoms with E-state index in [0.29, 0.717) is 19.6 Å². The van der Waals surface area contributed by atoms with Crippen LogP contribution in [0, 0.1) is 5.92 Å². The van der Waals surface area contributed by atoms with Crippen LogP contribution >= 0.6 is 94.1 Å². The fourth-order valence-electron chi connectivity index (χ4n) is 8.68. The van der Waals surface area contributed by atoms with Crippen molar-refractivity contribution in [2.75, 3.05) is 72.7 Å². The van der Waals surface area contributed by atoms with Gasteiger partial charge in [0, 0.05) is 66.9 Å². The number of fused-ring (bicyclic) bond motifs is 6. The molecule has 0 atom stereocenters. The standard InChI is InChI=1S/C46H51O18S8/c1-8-58-38(55)23-28-26(61-41(4,5)63-28)20(27-29(23)64-42(6,7)62-27)19(21-30-34(69-43(11-47,12-48)65-30)24(39(56)59-9-2)35-31(21)66-44(13-49,14-50)70-35)22-32-36(71-45(15-51,16-52)67-32)25(40(57)60-10-3)37-33(22)68-46(17-53,18-54)72-37/h47-54H,8-18H2,1-7H3. The summed E-state index contributed by atoms with van der Waals surface area (Å²) in [5, 5.41) is 89.5. The Morgan fingerprint density at radius 1 is 0.361 bits per heavy atom. The van der Waals surface area contributed by atoms with Gasteiger partial charge in [0.2, 0.25) is 11.6 Å². The van der Waals surface area contributed by atoms with Crippen LogP contribution in [0.15, 0.2) is 39.2 Å². The van der Waals surface area contributed by atoms with Crippen LogP contribution in [0.3, 0.4) is 0 Å². The van der Waals surface area contributed by atoms with Crippen molar-refractivity contribution < 1.29 is 88.4 Å². The normalized spacial score (nSPS) is 20.1. The number of ether oxygens (including phenoxy) is 7. The first-order valence-corrected chi connectivity index (χ1v) is 29.0. The molecule has 3 aromatic rings. The second kappa shape index (κ2) is 20.0. The van der Waals surface area contributed by atoms with E-state index in [-0.39, 0.29) is 102 Å². The van der Waals surface area contributed by atoms with Gasteiger partial charge >= 0.3 is 17.9 Å². The predicted octanol–water partition coefficient (Wildman–Crippen LogP) is 5.77. The lowest BCUT2D eigenvalue weighted by Crippen LogP contribution is -2.31. The van der Waals surface area contributed by atoms with Gasteiger partial charge in [0.15, 0.2) is 28.6 Å². The van der Waals surface area contributed by atoms with E-state index >= 15 is 0 Å². The molecular formula is C46H51O18S8. The van der Waals surface area contributed by atoms with Crippen molar-refractivity contribution in [3.8, 4) is 23.0 Å². The largest absolute Gasteiger partial charge is 0.462 e. The van der Waals surface area contributed by atoms with Gasteiger partial charge in [-0.05, 0) is 31.9 Å². The molecule has 0 spiro atoms. The van der Waals surface area contributed by atoms with E-state index in [1.54, 1.807) is 48.5 Å². The molecule has 1 radical (unpaired) electrons. The van der Waals surface area contributed by atoms with Crippen molar-refractivity contribution >= 4 is 112 Å². The fraction of sp³-hybridized carbons (Fsp3) is 0.522. The molecule has 26 heteroatoms. The van der Waals surface area contributed by atoms with Crippen LogP contribution in [-0.2, 0) is 14.2 Å². The molecule has 72 heavy (non-hydrogen) atoms. The van der Waals surface area contributed by atoms with Gasteiger partial charge in [-0.2, -0.15) is 0 Å². The molecule has 6 aliphatic heterocycles. The summed E-state index contributed by atoms with van der Waals surface area (Å²) in [7, 11) is 0. The van der Waals surface area contributed by atoms with Crippen LogP contribution < -0.4 is 18.9 Å². The summed E-state index contributed by atoms with van der Waals surface area (Å²) in [4.78, 5) is 45.6. The summed E-state index contributed by atoms with van der Waals surface area (Å²) in [5.41, 5.74) is 0.556. The fourth-order valence-corrected chi connectivity index (χ4v) is 20.6. The van der Waals surface area contributed by atoms with Gasteiger partial charge < -0.3 is 74.0 Å². The number of aliphatic hydroxyl groups is 8. The Kier molecular flexibility index (Phi) is 15.1. The number of carbonyl (C=O) groups is 3. The third-order valence-electron chi connectivity index (χ3n) is 11.8. The Labute approximate surface area is 447 Å². The summed E-state index contributed by atoms with van der Waals surface area (Å²) in [5.74, 6) is -5.50. The highest BCUT2D eigenvalue weighted by Crippen LogP contribution is 2.73. The van der Waals surface area contributed by atoms with Gasteiger partial charge in [-0.1, -0.05) is 0 Å². The van der Waals surface area contributed by atoms with E-state index < -0.39 is 98.7 Å². The molecule has 0 saturated heterocycles.